The molecule has 0 heterocycles. The summed E-state index contributed by atoms with van der Waals surface area (Å²) >= 11 is 3.40. The second-order valence-electron chi connectivity index (χ2n) is 4.81. The van der Waals surface area contributed by atoms with Crippen LogP contribution in [-0.2, 0) is 0 Å². The zero-order chi connectivity index (χ0) is 15.6. The number of hydrogen-bond acceptors (Lipinski definition) is 4. The van der Waals surface area contributed by atoms with Crippen LogP contribution >= 0.6 is 15.9 Å². The summed E-state index contributed by atoms with van der Waals surface area (Å²) in [5.41, 5.74) is 7.51. The number of rotatable bonds is 4. The SMILES string of the molecule is Cc1ccc(Oc2ccc(C(C)N)cc2Br)c([N+](=O)[O-])c1. The van der Waals surface area contributed by atoms with Crippen LogP contribution in [0.15, 0.2) is 40.9 Å². The lowest BCUT2D eigenvalue weighted by Gasteiger charge is -2.11. The van der Waals surface area contributed by atoms with Crippen LogP contribution in [0.4, 0.5) is 5.69 Å². The average molecular weight is 351 g/mol. The fourth-order valence-electron chi connectivity index (χ4n) is 1.86. The highest BCUT2D eigenvalue weighted by atomic mass is 79.9. The first-order valence-electron chi connectivity index (χ1n) is 6.36. The molecule has 1 atom stereocenters. The molecule has 21 heavy (non-hydrogen) atoms. The largest absolute Gasteiger partial charge is 0.449 e. The molecule has 0 amide bonds. The molecule has 0 fully saturated rings. The molecule has 0 spiro atoms. The number of halogens is 1. The fourth-order valence-corrected chi connectivity index (χ4v) is 2.34. The number of benzene rings is 2. The normalized spacial score (nSPS) is 12.0. The summed E-state index contributed by atoms with van der Waals surface area (Å²) in [6.45, 7) is 3.68. The molecule has 6 heteroatoms. The molecule has 0 radical (unpaired) electrons. The quantitative estimate of drug-likeness (QED) is 0.651. The summed E-state index contributed by atoms with van der Waals surface area (Å²) in [6, 6.07) is 10.2. The summed E-state index contributed by atoms with van der Waals surface area (Å²) in [4.78, 5) is 10.6. The Balaban J connectivity index is 2.37. The van der Waals surface area contributed by atoms with E-state index < -0.39 is 4.92 Å². The molecule has 0 aromatic heterocycles. The highest BCUT2D eigenvalue weighted by molar-refractivity contribution is 9.10. The second kappa shape index (κ2) is 6.24. The van der Waals surface area contributed by atoms with Crippen molar-refractivity contribution in [1.29, 1.82) is 0 Å². The van der Waals surface area contributed by atoms with Crippen LogP contribution in [0.5, 0.6) is 11.5 Å². The highest BCUT2D eigenvalue weighted by Crippen LogP contribution is 2.36. The predicted octanol–water partition coefficient (Wildman–Crippen LogP) is 4.48. The van der Waals surface area contributed by atoms with Crippen molar-refractivity contribution in [1.82, 2.24) is 0 Å². The van der Waals surface area contributed by atoms with Gasteiger partial charge in [-0.3, -0.25) is 10.1 Å². The van der Waals surface area contributed by atoms with Crippen LogP contribution in [-0.4, -0.2) is 4.92 Å². The Hall–Kier alpha value is -1.92. The van der Waals surface area contributed by atoms with Gasteiger partial charge in [0, 0.05) is 12.1 Å². The summed E-state index contributed by atoms with van der Waals surface area (Å²) in [6.07, 6.45) is 0. The van der Waals surface area contributed by atoms with Gasteiger partial charge in [-0.1, -0.05) is 12.1 Å². The topological polar surface area (TPSA) is 78.4 Å². The Morgan fingerprint density at radius 2 is 1.90 bits per heavy atom. The van der Waals surface area contributed by atoms with E-state index in [-0.39, 0.29) is 17.5 Å². The van der Waals surface area contributed by atoms with Crippen LogP contribution in [0.25, 0.3) is 0 Å². The van der Waals surface area contributed by atoms with Crippen LogP contribution < -0.4 is 10.5 Å². The van der Waals surface area contributed by atoms with E-state index in [1.807, 2.05) is 19.1 Å². The van der Waals surface area contributed by atoms with E-state index in [0.717, 1.165) is 11.1 Å². The Labute approximate surface area is 131 Å². The lowest BCUT2D eigenvalue weighted by Crippen LogP contribution is -2.04. The number of hydrogen-bond donors (Lipinski definition) is 1. The maximum atomic E-state index is 11.1. The third-order valence-corrected chi connectivity index (χ3v) is 3.63. The van der Waals surface area contributed by atoms with Crippen molar-refractivity contribution in [2.45, 2.75) is 19.9 Å². The summed E-state index contributed by atoms with van der Waals surface area (Å²) in [5.74, 6) is 0.714. The standard InChI is InChI=1S/C15H15BrN2O3/c1-9-3-5-15(13(7-9)18(19)20)21-14-6-4-11(10(2)17)8-12(14)16/h3-8,10H,17H2,1-2H3. The van der Waals surface area contributed by atoms with Crippen molar-refractivity contribution in [2.75, 3.05) is 0 Å². The van der Waals surface area contributed by atoms with Gasteiger partial charge in [0.25, 0.3) is 0 Å². The average Bonchev–Trinajstić information content (AvgIpc) is 2.42. The lowest BCUT2D eigenvalue weighted by molar-refractivity contribution is -0.385. The van der Waals surface area contributed by atoms with E-state index in [1.54, 1.807) is 25.1 Å². The number of ether oxygens (including phenoxy) is 1. The van der Waals surface area contributed by atoms with Gasteiger partial charge in [-0.2, -0.15) is 0 Å². The van der Waals surface area contributed by atoms with Gasteiger partial charge in [0.05, 0.1) is 9.40 Å². The van der Waals surface area contributed by atoms with E-state index in [0.29, 0.717) is 10.2 Å². The molecule has 0 bridgehead atoms. The van der Waals surface area contributed by atoms with Gasteiger partial charge in [-0.25, -0.2) is 0 Å². The fraction of sp³-hybridized carbons (Fsp3) is 0.200. The van der Waals surface area contributed by atoms with Gasteiger partial charge in [-0.05, 0) is 59.1 Å². The zero-order valence-corrected chi connectivity index (χ0v) is 13.3. The van der Waals surface area contributed by atoms with Crippen molar-refractivity contribution < 1.29 is 9.66 Å². The molecule has 0 saturated heterocycles. The Bertz CT molecular complexity index is 687. The number of nitrogens with zero attached hydrogens (tertiary/aromatic N) is 1. The molecule has 0 aliphatic carbocycles. The Morgan fingerprint density at radius 1 is 1.24 bits per heavy atom. The number of aryl methyl sites for hydroxylation is 1. The van der Waals surface area contributed by atoms with Crippen molar-refractivity contribution in [3.05, 3.63) is 62.1 Å². The van der Waals surface area contributed by atoms with E-state index >= 15 is 0 Å². The van der Waals surface area contributed by atoms with Crippen LogP contribution in [0.1, 0.15) is 24.1 Å². The maximum Gasteiger partial charge on any atom is 0.311 e. The third-order valence-electron chi connectivity index (χ3n) is 3.01. The number of nitro benzene ring substituents is 1. The van der Waals surface area contributed by atoms with Gasteiger partial charge in [0.1, 0.15) is 5.75 Å². The molecule has 0 aliphatic rings. The highest BCUT2D eigenvalue weighted by Gasteiger charge is 2.17. The first kappa shape index (κ1) is 15.5. The van der Waals surface area contributed by atoms with Crippen LogP contribution in [0.2, 0.25) is 0 Å². The molecule has 0 aliphatic heterocycles. The first-order valence-corrected chi connectivity index (χ1v) is 7.15. The van der Waals surface area contributed by atoms with Gasteiger partial charge in [0.15, 0.2) is 0 Å². The molecule has 1 unspecified atom stereocenters. The summed E-state index contributed by atoms with van der Waals surface area (Å²) in [5, 5.41) is 11.1. The minimum absolute atomic E-state index is 0.0573. The monoisotopic (exact) mass is 350 g/mol. The van der Waals surface area contributed by atoms with Crippen LogP contribution in [0, 0.1) is 17.0 Å². The van der Waals surface area contributed by atoms with Gasteiger partial charge in [-0.15, -0.1) is 0 Å². The van der Waals surface area contributed by atoms with Gasteiger partial charge in [0.2, 0.25) is 5.75 Å². The van der Waals surface area contributed by atoms with Gasteiger partial charge >= 0.3 is 5.69 Å². The molecule has 2 N–H and O–H groups in total. The van der Waals surface area contributed by atoms with Crippen molar-refractivity contribution in [3.63, 3.8) is 0 Å². The van der Waals surface area contributed by atoms with E-state index in [9.17, 15) is 10.1 Å². The van der Waals surface area contributed by atoms with E-state index in [1.165, 1.54) is 6.07 Å². The van der Waals surface area contributed by atoms with Crippen LogP contribution in [0.3, 0.4) is 0 Å². The molecular formula is C15H15BrN2O3. The minimum Gasteiger partial charge on any atom is -0.449 e. The lowest BCUT2D eigenvalue weighted by atomic mass is 10.1. The molecule has 5 nitrogen and oxygen atoms in total. The molecular weight excluding hydrogens is 336 g/mol. The molecule has 0 saturated carbocycles. The number of nitrogens with two attached hydrogens (primary N) is 1. The van der Waals surface area contributed by atoms with Crippen molar-refractivity contribution in [2.24, 2.45) is 5.73 Å². The van der Waals surface area contributed by atoms with Crippen molar-refractivity contribution >= 4 is 21.6 Å². The summed E-state index contributed by atoms with van der Waals surface area (Å²) < 4.78 is 6.36. The third kappa shape index (κ3) is 3.59. The maximum absolute atomic E-state index is 11.1. The molecule has 110 valence electrons. The Kier molecular flexibility index (Phi) is 4.59. The van der Waals surface area contributed by atoms with Gasteiger partial charge < -0.3 is 10.5 Å². The second-order valence-corrected chi connectivity index (χ2v) is 5.66. The van der Waals surface area contributed by atoms with E-state index in [4.69, 9.17) is 10.5 Å². The predicted molar refractivity (Wildman–Crippen MR) is 84.7 cm³/mol. The Morgan fingerprint density at radius 3 is 2.48 bits per heavy atom. The first-order chi connectivity index (χ1) is 9.88. The zero-order valence-electron chi connectivity index (χ0n) is 11.7. The number of nitro groups is 1. The summed E-state index contributed by atoms with van der Waals surface area (Å²) in [7, 11) is 0. The van der Waals surface area contributed by atoms with Crippen molar-refractivity contribution in [3.8, 4) is 11.5 Å². The van der Waals surface area contributed by atoms with E-state index in [2.05, 4.69) is 15.9 Å². The molecule has 2 aromatic carbocycles. The molecule has 2 rings (SSSR count). The minimum atomic E-state index is -0.452. The smallest absolute Gasteiger partial charge is 0.311 e. The molecule has 2 aromatic rings.